The Balaban J connectivity index is 1.61. The molecule has 1 saturated carbocycles. The number of β-amino-alcohol motifs (C(OH)–C–C–N with tert-alkyl or cyclic N) is 1. The normalized spacial score (nSPS) is 33.6. The van der Waals surface area contributed by atoms with Crippen LogP contribution in [0.5, 0.6) is 0 Å². The molecule has 1 heterocycles. The second-order valence-electron chi connectivity index (χ2n) is 5.82. The van der Waals surface area contributed by atoms with Crippen molar-refractivity contribution in [3.63, 3.8) is 0 Å². The number of aliphatic hydroxyl groups is 1. The number of benzene rings is 1. The predicted molar refractivity (Wildman–Crippen MR) is 72.0 cm³/mol. The zero-order valence-electron chi connectivity index (χ0n) is 10.7. The highest BCUT2D eigenvalue weighted by Crippen LogP contribution is 2.36. The van der Waals surface area contributed by atoms with Crippen LogP contribution >= 0.6 is 0 Å². The Bertz CT molecular complexity index is 381. The highest BCUT2D eigenvalue weighted by molar-refractivity contribution is 5.17. The molecule has 1 aliphatic heterocycles. The molecule has 1 saturated heterocycles. The number of hydrogen-bond donors (Lipinski definition) is 2. The van der Waals surface area contributed by atoms with Gasteiger partial charge in [-0.05, 0) is 30.2 Å². The van der Waals surface area contributed by atoms with E-state index < -0.39 is 0 Å². The van der Waals surface area contributed by atoms with Gasteiger partial charge in [0.1, 0.15) is 0 Å². The summed E-state index contributed by atoms with van der Waals surface area (Å²) in [5, 5.41) is 10.3. The molecule has 3 N–H and O–H groups in total. The van der Waals surface area contributed by atoms with Crippen LogP contribution in [0.1, 0.15) is 24.5 Å². The molecule has 1 aromatic carbocycles. The second kappa shape index (κ2) is 5.00. The number of aliphatic hydroxyl groups excluding tert-OH is 1. The smallest absolute Gasteiger partial charge is 0.0916 e. The van der Waals surface area contributed by atoms with Gasteiger partial charge in [-0.25, -0.2) is 0 Å². The monoisotopic (exact) mass is 246 g/mol. The number of nitrogens with zero attached hydrogens (tertiary/aromatic N) is 1. The van der Waals surface area contributed by atoms with Crippen molar-refractivity contribution in [1.82, 2.24) is 4.90 Å². The zero-order chi connectivity index (χ0) is 12.5. The average Bonchev–Trinajstić information content (AvgIpc) is 2.63. The van der Waals surface area contributed by atoms with E-state index in [9.17, 15) is 5.11 Å². The Hall–Kier alpha value is -0.900. The van der Waals surface area contributed by atoms with Gasteiger partial charge in [-0.3, -0.25) is 4.90 Å². The largest absolute Gasteiger partial charge is 0.387 e. The van der Waals surface area contributed by atoms with E-state index in [-0.39, 0.29) is 6.10 Å². The fraction of sp³-hybridized carbons (Fsp3) is 0.600. The van der Waals surface area contributed by atoms with E-state index in [1.807, 2.05) is 30.3 Å². The van der Waals surface area contributed by atoms with Gasteiger partial charge in [-0.1, -0.05) is 30.3 Å². The lowest BCUT2D eigenvalue weighted by Crippen LogP contribution is -2.49. The number of nitrogens with two attached hydrogens (primary N) is 1. The van der Waals surface area contributed by atoms with Gasteiger partial charge < -0.3 is 10.8 Å². The Kier molecular flexibility index (Phi) is 3.37. The molecule has 3 rings (SSSR count). The van der Waals surface area contributed by atoms with Crippen molar-refractivity contribution < 1.29 is 5.11 Å². The number of likely N-dealkylation sites (tertiary alicyclic amines) is 1. The standard InChI is InChI=1S/C15H22N2O/c16-15-12-6-7-13(15)9-17(8-12)10-14(18)11-4-2-1-3-5-11/h1-5,12-15,18H,6-10,16H2/t12-,13+,14-,15?/m1/s1. The van der Waals surface area contributed by atoms with E-state index in [0.717, 1.165) is 25.2 Å². The van der Waals surface area contributed by atoms with Gasteiger partial charge in [-0.2, -0.15) is 0 Å². The number of hydrogen-bond acceptors (Lipinski definition) is 3. The average molecular weight is 246 g/mol. The van der Waals surface area contributed by atoms with Crippen molar-refractivity contribution in [3.8, 4) is 0 Å². The third-order valence-electron chi connectivity index (χ3n) is 4.60. The van der Waals surface area contributed by atoms with Crippen molar-refractivity contribution in [2.24, 2.45) is 17.6 Å². The van der Waals surface area contributed by atoms with Crippen molar-refractivity contribution in [2.45, 2.75) is 25.0 Å². The molecule has 4 atom stereocenters. The fourth-order valence-corrected chi connectivity index (χ4v) is 3.54. The van der Waals surface area contributed by atoms with Crippen LogP contribution in [0.15, 0.2) is 30.3 Å². The summed E-state index contributed by atoms with van der Waals surface area (Å²) in [7, 11) is 0. The molecule has 1 aromatic rings. The van der Waals surface area contributed by atoms with Gasteiger partial charge in [0.15, 0.2) is 0 Å². The first-order valence-electron chi connectivity index (χ1n) is 6.95. The lowest BCUT2D eigenvalue weighted by molar-refractivity contribution is 0.0734. The van der Waals surface area contributed by atoms with E-state index in [1.165, 1.54) is 12.8 Å². The SMILES string of the molecule is NC1[C@@H]2CC[C@H]1CN(C[C@@H](O)c1ccccc1)C2. The van der Waals surface area contributed by atoms with Crippen LogP contribution in [0.2, 0.25) is 0 Å². The van der Waals surface area contributed by atoms with Gasteiger partial charge in [-0.15, -0.1) is 0 Å². The summed E-state index contributed by atoms with van der Waals surface area (Å²) in [5.41, 5.74) is 7.21. The van der Waals surface area contributed by atoms with Crippen LogP contribution in [0.4, 0.5) is 0 Å². The molecule has 0 aromatic heterocycles. The van der Waals surface area contributed by atoms with Crippen LogP contribution < -0.4 is 5.73 Å². The number of fused-ring (bicyclic) bond motifs is 2. The van der Waals surface area contributed by atoms with Crippen LogP contribution in [0, 0.1) is 11.8 Å². The molecule has 2 bridgehead atoms. The van der Waals surface area contributed by atoms with Crippen molar-refractivity contribution in [3.05, 3.63) is 35.9 Å². The molecule has 18 heavy (non-hydrogen) atoms. The maximum Gasteiger partial charge on any atom is 0.0916 e. The van der Waals surface area contributed by atoms with Crippen molar-refractivity contribution in [1.29, 1.82) is 0 Å². The first kappa shape index (κ1) is 12.2. The maximum absolute atomic E-state index is 10.3. The molecule has 1 unspecified atom stereocenters. The van der Waals surface area contributed by atoms with Gasteiger partial charge in [0, 0.05) is 25.7 Å². The van der Waals surface area contributed by atoms with Crippen molar-refractivity contribution >= 4 is 0 Å². The van der Waals surface area contributed by atoms with Gasteiger partial charge in [0.05, 0.1) is 6.10 Å². The van der Waals surface area contributed by atoms with E-state index in [0.29, 0.717) is 17.9 Å². The van der Waals surface area contributed by atoms with E-state index >= 15 is 0 Å². The molecule has 2 fully saturated rings. The molecule has 0 amide bonds. The molecule has 1 aliphatic carbocycles. The summed E-state index contributed by atoms with van der Waals surface area (Å²) in [6, 6.07) is 10.3. The molecule has 0 radical (unpaired) electrons. The zero-order valence-corrected chi connectivity index (χ0v) is 10.7. The summed E-state index contributed by atoms with van der Waals surface area (Å²) >= 11 is 0. The van der Waals surface area contributed by atoms with Crippen LogP contribution in [0.3, 0.4) is 0 Å². The van der Waals surface area contributed by atoms with E-state index in [4.69, 9.17) is 5.73 Å². The summed E-state index contributed by atoms with van der Waals surface area (Å²) in [6.45, 7) is 2.85. The highest BCUT2D eigenvalue weighted by atomic mass is 16.3. The summed E-state index contributed by atoms with van der Waals surface area (Å²) in [4.78, 5) is 2.39. The molecular formula is C15H22N2O. The first-order chi connectivity index (χ1) is 8.74. The lowest BCUT2D eigenvalue weighted by atomic mass is 9.92. The van der Waals surface area contributed by atoms with Gasteiger partial charge in [0.2, 0.25) is 0 Å². The molecule has 98 valence electrons. The first-order valence-corrected chi connectivity index (χ1v) is 6.95. The van der Waals surface area contributed by atoms with Crippen LogP contribution in [-0.4, -0.2) is 35.7 Å². The minimum absolute atomic E-state index is 0.375. The van der Waals surface area contributed by atoms with Crippen LogP contribution in [0.25, 0.3) is 0 Å². The Morgan fingerprint density at radius 2 is 1.78 bits per heavy atom. The third-order valence-corrected chi connectivity index (χ3v) is 4.60. The Labute approximate surface area is 109 Å². The Morgan fingerprint density at radius 3 is 2.39 bits per heavy atom. The fourth-order valence-electron chi connectivity index (χ4n) is 3.54. The molecule has 2 aliphatic rings. The Morgan fingerprint density at radius 1 is 1.17 bits per heavy atom. The number of rotatable bonds is 3. The van der Waals surface area contributed by atoms with Gasteiger partial charge in [0.25, 0.3) is 0 Å². The minimum atomic E-state index is -0.375. The van der Waals surface area contributed by atoms with Crippen LogP contribution in [-0.2, 0) is 0 Å². The molecule has 3 nitrogen and oxygen atoms in total. The summed E-state index contributed by atoms with van der Waals surface area (Å²) in [5.74, 6) is 1.29. The topological polar surface area (TPSA) is 49.5 Å². The van der Waals surface area contributed by atoms with Crippen molar-refractivity contribution in [2.75, 3.05) is 19.6 Å². The van der Waals surface area contributed by atoms with E-state index in [1.54, 1.807) is 0 Å². The summed E-state index contributed by atoms with van der Waals surface area (Å²) < 4.78 is 0. The maximum atomic E-state index is 10.3. The molecular weight excluding hydrogens is 224 g/mol. The minimum Gasteiger partial charge on any atom is -0.387 e. The molecule has 0 spiro atoms. The highest BCUT2D eigenvalue weighted by Gasteiger charge is 2.39. The third kappa shape index (κ3) is 2.30. The lowest BCUT2D eigenvalue weighted by Gasteiger charge is -2.37. The second-order valence-corrected chi connectivity index (χ2v) is 5.82. The van der Waals surface area contributed by atoms with Gasteiger partial charge >= 0.3 is 0 Å². The predicted octanol–water partition coefficient (Wildman–Crippen LogP) is 1.39. The number of piperidine rings is 1. The summed E-state index contributed by atoms with van der Waals surface area (Å²) in [6.07, 6.45) is 2.16. The van der Waals surface area contributed by atoms with E-state index in [2.05, 4.69) is 4.90 Å². The molecule has 3 heteroatoms. The quantitative estimate of drug-likeness (QED) is 0.847.